The molecular formula is C47H33N3O. The van der Waals surface area contributed by atoms with Gasteiger partial charge < -0.3 is 19.2 Å². The van der Waals surface area contributed by atoms with Crippen LogP contribution in [-0.4, -0.2) is 4.57 Å². The second kappa shape index (κ2) is 12.0. The Morgan fingerprint density at radius 2 is 1.10 bits per heavy atom. The molecule has 51 heavy (non-hydrogen) atoms. The summed E-state index contributed by atoms with van der Waals surface area (Å²) in [4.78, 5) is 2.40. The average Bonchev–Trinajstić information content (AvgIpc) is 3.74. The van der Waals surface area contributed by atoms with E-state index in [4.69, 9.17) is 4.42 Å². The van der Waals surface area contributed by atoms with Crippen molar-refractivity contribution in [3.8, 4) is 27.9 Å². The van der Waals surface area contributed by atoms with Crippen molar-refractivity contribution in [1.82, 2.24) is 9.88 Å². The fourth-order valence-electron chi connectivity index (χ4n) is 7.64. The maximum atomic E-state index is 6.31. The molecule has 1 aliphatic heterocycles. The number of nitrogens with zero attached hydrogens (tertiary/aromatic N) is 2. The number of hydrogen-bond donors (Lipinski definition) is 1. The monoisotopic (exact) mass is 655 g/mol. The number of nitrogens with one attached hydrogen (secondary N) is 1. The van der Waals surface area contributed by atoms with E-state index < -0.39 is 0 Å². The van der Waals surface area contributed by atoms with Crippen molar-refractivity contribution >= 4 is 55.9 Å². The van der Waals surface area contributed by atoms with Gasteiger partial charge in [0.15, 0.2) is 0 Å². The van der Waals surface area contributed by atoms with E-state index in [1.165, 1.54) is 32.9 Å². The van der Waals surface area contributed by atoms with Gasteiger partial charge in [-0.2, -0.15) is 0 Å². The zero-order chi connectivity index (χ0) is 33.7. The molecule has 0 atom stereocenters. The lowest BCUT2D eigenvalue weighted by Crippen LogP contribution is -2.10. The summed E-state index contributed by atoms with van der Waals surface area (Å²) in [6.07, 6.45) is 4.13. The first-order valence-electron chi connectivity index (χ1n) is 17.4. The third-order valence-corrected chi connectivity index (χ3v) is 9.99. The zero-order valence-corrected chi connectivity index (χ0v) is 27.8. The first-order chi connectivity index (χ1) is 25.3. The van der Waals surface area contributed by atoms with Crippen molar-refractivity contribution in [2.24, 2.45) is 0 Å². The summed E-state index contributed by atoms with van der Waals surface area (Å²) in [5.41, 5.74) is 13.4. The van der Waals surface area contributed by atoms with Gasteiger partial charge in [-0.05, 0) is 107 Å². The Labute approximate surface area is 296 Å². The van der Waals surface area contributed by atoms with Gasteiger partial charge in [0.05, 0.1) is 17.6 Å². The molecule has 4 nitrogen and oxygen atoms in total. The van der Waals surface area contributed by atoms with Crippen LogP contribution < -0.4 is 10.2 Å². The van der Waals surface area contributed by atoms with Crippen LogP contribution in [0.2, 0.25) is 0 Å². The van der Waals surface area contributed by atoms with Crippen LogP contribution in [0.15, 0.2) is 180 Å². The fourth-order valence-corrected chi connectivity index (χ4v) is 7.64. The zero-order valence-electron chi connectivity index (χ0n) is 27.8. The molecule has 9 aromatic rings. The fraction of sp³-hybridized carbons (Fsp3) is 0.0213. The van der Waals surface area contributed by atoms with Gasteiger partial charge in [-0.3, -0.25) is 0 Å². The first kappa shape index (κ1) is 29.2. The normalized spacial score (nSPS) is 12.3. The molecule has 7 aromatic carbocycles. The van der Waals surface area contributed by atoms with Crippen molar-refractivity contribution in [1.29, 1.82) is 0 Å². The van der Waals surface area contributed by atoms with Crippen LogP contribution in [0.5, 0.6) is 0 Å². The summed E-state index contributed by atoms with van der Waals surface area (Å²) in [6.45, 7) is 0.682. The highest BCUT2D eigenvalue weighted by Gasteiger charge is 2.21. The molecule has 0 unspecified atom stereocenters. The number of benzene rings is 7. The maximum absolute atomic E-state index is 6.31. The number of rotatable bonds is 6. The van der Waals surface area contributed by atoms with E-state index in [1.54, 1.807) is 0 Å². The van der Waals surface area contributed by atoms with Gasteiger partial charge in [-0.25, -0.2) is 0 Å². The van der Waals surface area contributed by atoms with E-state index in [-0.39, 0.29) is 0 Å². The third kappa shape index (κ3) is 5.00. The smallest absolute Gasteiger partial charge is 0.135 e. The minimum atomic E-state index is 0.682. The average molecular weight is 656 g/mol. The quantitative estimate of drug-likeness (QED) is 0.194. The molecule has 0 saturated heterocycles. The Balaban J connectivity index is 1.25. The predicted molar refractivity (Wildman–Crippen MR) is 212 cm³/mol. The standard InChI is InChI=1S/C47H33N3O/c1-4-12-32(13-5-1)34-26-35(33-14-6-2-7-15-33)28-39(27-34)49(38-21-23-46-43(30-38)41-24-25-48-31-47(41)51-46)37-20-22-45-42(29-37)40-18-10-11-19-44(40)50(45)36-16-8-3-9-17-36/h1-30,48H,31H2. The topological polar surface area (TPSA) is 33.3 Å². The Morgan fingerprint density at radius 3 is 1.82 bits per heavy atom. The van der Waals surface area contributed by atoms with Crippen molar-refractivity contribution in [3.05, 3.63) is 187 Å². The van der Waals surface area contributed by atoms with Crippen molar-refractivity contribution in [2.75, 3.05) is 4.90 Å². The summed E-state index contributed by atoms with van der Waals surface area (Å²) < 4.78 is 8.67. The van der Waals surface area contributed by atoms with Crippen LogP contribution in [-0.2, 0) is 6.54 Å². The van der Waals surface area contributed by atoms with Crippen LogP contribution in [0.1, 0.15) is 11.3 Å². The summed E-state index contributed by atoms with van der Waals surface area (Å²) >= 11 is 0. The number of aromatic nitrogens is 1. The van der Waals surface area contributed by atoms with Crippen LogP contribution in [0.3, 0.4) is 0 Å². The van der Waals surface area contributed by atoms with Crippen LogP contribution in [0.4, 0.5) is 17.1 Å². The van der Waals surface area contributed by atoms with Crippen LogP contribution >= 0.6 is 0 Å². The Morgan fingerprint density at radius 1 is 0.490 bits per heavy atom. The molecule has 0 bridgehead atoms. The SMILES string of the molecule is C1=Cc2c(oc3ccc(N(c4cc(-c5ccccc5)cc(-c5ccccc5)c4)c4ccc5c(c4)c4ccccc4n5-c4ccccc4)cc23)CN1. The first-order valence-corrected chi connectivity index (χ1v) is 17.4. The van der Waals surface area contributed by atoms with E-state index in [2.05, 4.69) is 191 Å². The molecule has 1 aliphatic rings. The Bertz CT molecular complexity index is 2680. The predicted octanol–water partition coefficient (Wildman–Crippen LogP) is 12.4. The van der Waals surface area contributed by atoms with Gasteiger partial charge in [0.25, 0.3) is 0 Å². The molecule has 0 fully saturated rings. The number of anilines is 3. The van der Waals surface area contributed by atoms with Gasteiger partial charge >= 0.3 is 0 Å². The summed E-state index contributed by atoms with van der Waals surface area (Å²) in [6, 6.07) is 61.1. The molecule has 2 aromatic heterocycles. The molecular weight excluding hydrogens is 623 g/mol. The highest BCUT2D eigenvalue weighted by Crippen LogP contribution is 2.44. The van der Waals surface area contributed by atoms with Gasteiger partial charge in [0.2, 0.25) is 0 Å². The molecule has 0 spiro atoms. The summed E-state index contributed by atoms with van der Waals surface area (Å²) in [5.74, 6) is 0.962. The Kier molecular flexibility index (Phi) is 6.85. The van der Waals surface area contributed by atoms with Gasteiger partial charge in [-0.15, -0.1) is 0 Å². The van der Waals surface area contributed by atoms with Gasteiger partial charge in [0.1, 0.15) is 11.3 Å². The Hall–Kier alpha value is -6.78. The summed E-state index contributed by atoms with van der Waals surface area (Å²) in [5, 5.41) is 6.82. The molecule has 242 valence electrons. The van der Waals surface area contributed by atoms with Crippen LogP contribution in [0.25, 0.3) is 66.8 Å². The van der Waals surface area contributed by atoms with E-state index in [1.807, 2.05) is 6.20 Å². The molecule has 10 rings (SSSR count). The maximum Gasteiger partial charge on any atom is 0.135 e. The third-order valence-electron chi connectivity index (χ3n) is 9.99. The lowest BCUT2D eigenvalue weighted by atomic mass is 9.97. The van der Waals surface area contributed by atoms with Gasteiger partial charge in [-0.1, -0.05) is 97.1 Å². The number of furan rings is 1. The number of para-hydroxylation sites is 2. The van der Waals surface area contributed by atoms with E-state index >= 15 is 0 Å². The molecule has 3 heterocycles. The van der Waals surface area contributed by atoms with E-state index in [0.717, 1.165) is 56.2 Å². The molecule has 0 amide bonds. The largest absolute Gasteiger partial charge is 0.459 e. The number of fused-ring (bicyclic) bond motifs is 6. The minimum absolute atomic E-state index is 0.682. The molecule has 0 saturated carbocycles. The van der Waals surface area contributed by atoms with E-state index in [9.17, 15) is 0 Å². The summed E-state index contributed by atoms with van der Waals surface area (Å²) in [7, 11) is 0. The lowest BCUT2D eigenvalue weighted by molar-refractivity contribution is 0.532. The lowest BCUT2D eigenvalue weighted by Gasteiger charge is -2.27. The van der Waals surface area contributed by atoms with Crippen molar-refractivity contribution in [2.45, 2.75) is 6.54 Å². The second-order valence-electron chi connectivity index (χ2n) is 13.1. The number of hydrogen-bond acceptors (Lipinski definition) is 3. The van der Waals surface area contributed by atoms with Crippen molar-refractivity contribution < 1.29 is 4.42 Å². The molecule has 0 aliphatic carbocycles. The molecule has 4 heteroatoms. The minimum Gasteiger partial charge on any atom is -0.459 e. The van der Waals surface area contributed by atoms with Gasteiger partial charge in [0, 0.05) is 44.5 Å². The second-order valence-corrected chi connectivity index (χ2v) is 13.1. The van der Waals surface area contributed by atoms with Crippen molar-refractivity contribution in [3.63, 3.8) is 0 Å². The van der Waals surface area contributed by atoms with Crippen LogP contribution in [0, 0.1) is 0 Å². The molecule has 0 radical (unpaired) electrons. The highest BCUT2D eigenvalue weighted by atomic mass is 16.3. The highest BCUT2D eigenvalue weighted by molar-refractivity contribution is 6.11. The van der Waals surface area contributed by atoms with E-state index in [0.29, 0.717) is 6.54 Å². The molecule has 1 N–H and O–H groups in total.